The number of phenolic OH excluding ortho intramolecular Hbond substituents is 1. The van der Waals surface area contributed by atoms with E-state index in [2.05, 4.69) is 42.1 Å². The van der Waals surface area contributed by atoms with Crippen LogP contribution in [0.4, 0.5) is 0 Å². The monoisotopic (exact) mass is 568 g/mol. The van der Waals surface area contributed by atoms with Crippen molar-refractivity contribution < 1.29 is 29.5 Å². The Kier molecular flexibility index (Phi) is 4.49. The summed E-state index contributed by atoms with van der Waals surface area (Å²) in [5, 5.41) is 33.9. The third-order valence-electron chi connectivity index (χ3n) is 12.6. The molecule has 2 aromatic rings. The van der Waals surface area contributed by atoms with E-state index in [0.29, 0.717) is 35.1 Å². The van der Waals surface area contributed by atoms with E-state index >= 15 is 0 Å². The van der Waals surface area contributed by atoms with Gasteiger partial charge < -0.3 is 39.3 Å². The molecular weight excluding hydrogens is 532 g/mol. The summed E-state index contributed by atoms with van der Waals surface area (Å²) in [6, 6.07) is 6.77. The van der Waals surface area contributed by atoms with Gasteiger partial charge in [0.25, 0.3) is 0 Å². The van der Waals surface area contributed by atoms with E-state index in [1.165, 1.54) is 11.1 Å². The number of ether oxygens (including phenoxy) is 3. The molecule has 8 nitrogen and oxygen atoms in total. The van der Waals surface area contributed by atoms with Crippen molar-refractivity contribution >= 4 is 0 Å². The molecule has 10 rings (SSSR count). The fraction of sp³-hybridized carbons (Fsp3) is 0.529. The summed E-state index contributed by atoms with van der Waals surface area (Å²) in [6.07, 6.45) is 9.53. The summed E-state index contributed by atoms with van der Waals surface area (Å²) in [5.41, 5.74) is 4.00. The van der Waals surface area contributed by atoms with Crippen molar-refractivity contribution in [1.29, 1.82) is 0 Å². The van der Waals surface area contributed by atoms with Crippen LogP contribution >= 0.6 is 0 Å². The molecule has 3 N–H and O–H groups in total. The molecule has 8 heteroatoms. The SMILES string of the molecule is CN1CC[C@]23c4c5ccc(Oc6cc7c8c(c6O)O[C@H]6[C@@H](O)C=C[C@H]9[C@@H](C7)N(C)CC[C@@]896)c4O[C@H]2[C@@H](O)C=C[C@H]3[C@H]1C5. The highest BCUT2D eigenvalue weighted by atomic mass is 16.5. The van der Waals surface area contributed by atoms with Crippen LogP contribution in [0.1, 0.15) is 35.1 Å². The average molecular weight is 569 g/mol. The molecular formula is C34H36N2O6. The molecule has 0 radical (unpaired) electrons. The van der Waals surface area contributed by atoms with Gasteiger partial charge in [-0.2, -0.15) is 0 Å². The van der Waals surface area contributed by atoms with Crippen LogP contribution < -0.4 is 14.2 Å². The van der Waals surface area contributed by atoms with Gasteiger partial charge in [0.2, 0.25) is 5.75 Å². The first-order valence-corrected chi connectivity index (χ1v) is 15.5. The molecule has 0 amide bonds. The lowest BCUT2D eigenvalue weighted by Gasteiger charge is -2.56. The maximum atomic E-state index is 11.7. The predicted molar refractivity (Wildman–Crippen MR) is 154 cm³/mol. The van der Waals surface area contributed by atoms with Crippen molar-refractivity contribution in [1.82, 2.24) is 9.80 Å². The smallest absolute Gasteiger partial charge is 0.201 e. The van der Waals surface area contributed by atoms with Crippen LogP contribution in [0.2, 0.25) is 0 Å². The summed E-state index contributed by atoms with van der Waals surface area (Å²) < 4.78 is 19.8. The number of aliphatic hydroxyl groups excluding tert-OH is 2. The first-order valence-electron chi connectivity index (χ1n) is 15.5. The van der Waals surface area contributed by atoms with Crippen molar-refractivity contribution in [2.24, 2.45) is 11.8 Å². The van der Waals surface area contributed by atoms with Crippen molar-refractivity contribution in [2.75, 3.05) is 27.2 Å². The lowest BCUT2D eigenvalue weighted by Crippen LogP contribution is -2.64. The number of phenols is 1. The number of rotatable bonds is 2. The summed E-state index contributed by atoms with van der Waals surface area (Å²) in [5.74, 6) is 2.55. The summed E-state index contributed by atoms with van der Waals surface area (Å²) in [7, 11) is 4.38. The molecule has 0 unspecified atom stereocenters. The second-order valence-corrected chi connectivity index (χ2v) is 14.1. The minimum Gasteiger partial charge on any atom is -0.502 e. The van der Waals surface area contributed by atoms with Crippen LogP contribution in [0.25, 0.3) is 0 Å². The second kappa shape index (κ2) is 7.72. The Balaban J connectivity index is 1.11. The molecule has 4 aliphatic heterocycles. The number of likely N-dealkylation sites (N-methyl/N-ethyl adjacent to an activating group) is 2. The largest absolute Gasteiger partial charge is 0.502 e. The van der Waals surface area contributed by atoms with Gasteiger partial charge in [-0.05, 0) is 76.1 Å². The van der Waals surface area contributed by atoms with Gasteiger partial charge >= 0.3 is 0 Å². The topological polar surface area (TPSA) is 94.9 Å². The molecule has 2 saturated heterocycles. The minimum absolute atomic E-state index is 0.0155. The van der Waals surface area contributed by atoms with Crippen molar-refractivity contribution in [3.05, 3.63) is 64.8 Å². The van der Waals surface area contributed by atoms with Crippen LogP contribution in [-0.2, 0) is 23.7 Å². The lowest BCUT2D eigenvalue weighted by molar-refractivity contribution is -0.0454. The first kappa shape index (κ1) is 24.4. The van der Waals surface area contributed by atoms with Crippen molar-refractivity contribution in [2.45, 2.75) is 73.0 Å². The third kappa shape index (κ3) is 2.59. The van der Waals surface area contributed by atoms with E-state index < -0.39 is 18.3 Å². The molecule has 2 fully saturated rings. The summed E-state index contributed by atoms with van der Waals surface area (Å²) in [6.45, 7) is 1.88. The van der Waals surface area contributed by atoms with E-state index in [-0.39, 0.29) is 34.5 Å². The molecule has 218 valence electrons. The number of piperidine rings is 2. The van der Waals surface area contributed by atoms with E-state index in [4.69, 9.17) is 14.2 Å². The molecule has 2 spiro atoms. The Morgan fingerprint density at radius 1 is 0.762 bits per heavy atom. The molecule has 4 aliphatic carbocycles. The predicted octanol–water partition coefficient (Wildman–Crippen LogP) is 2.80. The fourth-order valence-corrected chi connectivity index (χ4v) is 10.8. The number of likely N-dealkylation sites (tertiary alicyclic amines) is 2. The number of benzene rings is 2. The highest BCUT2D eigenvalue weighted by Crippen LogP contribution is 2.66. The standard InChI is InChI=1S/C34H36N2O6/c1-35-11-9-33-18-4-6-22(37)31(33)41-29-24(8-3-16(26(29)33)13-20(18)35)40-25-15-17-14-21-19-5-7-23(38)32-34(19,10-12-36(21)2)27(17)30(42-32)28(25)39/h3-8,15,18-23,31-32,37-39H,9-14H2,1-2H3/t18-,19-,20+,21+,22-,23-,31-,32-,33-,34-/m0/s1. The van der Waals surface area contributed by atoms with Gasteiger partial charge in [0.15, 0.2) is 23.0 Å². The summed E-state index contributed by atoms with van der Waals surface area (Å²) in [4.78, 5) is 4.88. The van der Waals surface area contributed by atoms with E-state index in [9.17, 15) is 15.3 Å². The van der Waals surface area contributed by atoms with Crippen molar-refractivity contribution in [3.63, 3.8) is 0 Å². The maximum Gasteiger partial charge on any atom is 0.201 e. The third-order valence-corrected chi connectivity index (χ3v) is 12.6. The van der Waals surface area contributed by atoms with Crippen LogP contribution in [0.3, 0.4) is 0 Å². The molecule has 0 aromatic heterocycles. The Hall–Kier alpha value is -3.04. The minimum atomic E-state index is -0.726. The zero-order valence-corrected chi connectivity index (χ0v) is 23.9. The zero-order chi connectivity index (χ0) is 28.3. The van der Waals surface area contributed by atoms with Gasteiger partial charge in [-0.25, -0.2) is 0 Å². The highest BCUT2D eigenvalue weighted by Gasteiger charge is 2.66. The number of nitrogens with zero attached hydrogens (tertiary/aromatic N) is 2. The number of hydrogen-bond donors (Lipinski definition) is 3. The van der Waals surface area contributed by atoms with E-state index in [1.54, 1.807) is 0 Å². The Labute approximate surface area is 244 Å². The maximum absolute atomic E-state index is 11.7. The van der Waals surface area contributed by atoms with E-state index in [0.717, 1.165) is 49.9 Å². The zero-order valence-electron chi connectivity index (χ0n) is 23.9. The fourth-order valence-electron chi connectivity index (χ4n) is 10.8. The summed E-state index contributed by atoms with van der Waals surface area (Å²) >= 11 is 0. The number of aliphatic hydroxyl groups is 2. The Morgan fingerprint density at radius 3 is 1.98 bits per heavy atom. The van der Waals surface area contributed by atoms with Gasteiger partial charge in [-0.3, -0.25) is 0 Å². The Bertz CT molecular complexity index is 1640. The van der Waals surface area contributed by atoms with Crippen LogP contribution in [0.5, 0.6) is 28.7 Å². The van der Waals surface area contributed by atoms with Crippen LogP contribution in [0, 0.1) is 11.8 Å². The lowest BCUT2D eigenvalue weighted by atomic mass is 9.53. The molecule has 0 saturated carbocycles. The van der Waals surface area contributed by atoms with Gasteiger partial charge in [0, 0.05) is 45.9 Å². The van der Waals surface area contributed by atoms with Crippen LogP contribution in [-0.4, -0.2) is 88.8 Å². The van der Waals surface area contributed by atoms with Crippen LogP contribution in [0.15, 0.2) is 42.5 Å². The molecule has 4 bridgehead atoms. The molecule has 42 heavy (non-hydrogen) atoms. The second-order valence-electron chi connectivity index (χ2n) is 14.1. The van der Waals surface area contributed by atoms with Gasteiger partial charge in [-0.1, -0.05) is 30.4 Å². The first-order chi connectivity index (χ1) is 20.3. The Morgan fingerprint density at radius 2 is 1.33 bits per heavy atom. The average Bonchev–Trinajstić information content (AvgIpc) is 3.52. The molecule has 4 heterocycles. The van der Waals surface area contributed by atoms with Crippen molar-refractivity contribution in [3.8, 4) is 28.7 Å². The molecule has 10 atom stereocenters. The van der Waals surface area contributed by atoms with E-state index in [1.807, 2.05) is 24.3 Å². The quantitative estimate of drug-likeness (QED) is 0.477. The van der Waals surface area contributed by atoms with Gasteiger partial charge in [-0.15, -0.1) is 0 Å². The van der Waals surface area contributed by atoms with Gasteiger partial charge in [0.1, 0.15) is 24.4 Å². The molecule has 8 aliphatic rings. The van der Waals surface area contributed by atoms with Gasteiger partial charge in [0.05, 0.1) is 0 Å². The number of hydrogen-bond acceptors (Lipinski definition) is 8. The number of aromatic hydroxyl groups is 1. The highest BCUT2D eigenvalue weighted by molar-refractivity contribution is 5.68. The normalized spacial score (nSPS) is 43.0. The molecule has 2 aromatic carbocycles.